The predicted molar refractivity (Wildman–Crippen MR) is 88.6 cm³/mol. The van der Waals surface area contributed by atoms with E-state index in [1.165, 1.54) is 37.9 Å². The molecule has 2 rings (SSSR count). The molecule has 1 N–H and O–H groups in total. The third kappa shape index (κ3) is 3.67. The molecule has 4 heteroatoms. The van der Waals surface area contributed by atoms with Gasteiger partial charge in [0.15, 0.2) is 0 Å². The number of hydrogen-bond donors (Lipinski definition) is 1. The van der Waals surface area contributed by atoms with Gasteiger partial charge in [-0.05, 0) is 64.7 Å². The van der Waals surface area contributed by atoms with E-state index in [2.05, 4.69) is 49.2 Å². The number of nitrogens with one attached hydrogen (secondary N) is 1. The first kappa shape index (κ1) is 16.5. The summed E-state index contributed by atoms with van der Waals surface area (Å²) in [5, 5.41) is 8.18. The lowest BCUT2D eigenvalue weighted by atomic mass is 9.84. The van der Waals surface area contributed by atoms with Crippen LogP contribution < -0.4 is 5.32 Å². The maximum atomic E-state index is 4.43. The summed E-state index contributed by atoms with van der Waals surface area (Å²) in [6, 6.07) is 0.486. The highest BCUT2D eigenvalue weighted by Crippen LogP contribution is 2.29. The Morgan fingerprint density at radius 1 is 1.29 bits per heavy atom. The van der Waals surface area contributed by atoms with Gasteiger partial charge in [-0.25, -0.2) is 0 Å². The van der Waals surface area contributed by atoms with Crippen molar-refractivity contribution >= 4 is 0 Å². The first-order valence-electron chi connectivity index (χ1n) is 8.63. The van der Waals surface area contributed by atoms with E-state index >= 15 is 0 Å². The highest BCUT2D eigenvalue weighted by molar-refractivity contribution is 5.11. The second kappa shape index (κ2) is 7.41. The van der Waals surface area contributed by atoms with Crippen LogP contribution in [0.5, 0.6) is 0 Å². The van der Waals surface area contributed by atoms with E-state index in [4.69, 9.17) is 0 Å². The highest BCUT2D eigenvalue weighted by Gasteiger charge is 2.39. The van der Waals surface area contributed by atoms with Crippen molar-refractivity contribution in [1.82, 2.24) is 20.0 Å². The van der Waals surface area contributed by atoms with Gasteiger partial charge in [0.25, 0.3) is 0 Å². The van der Waals surface area contributed by atoms with Gasteiger partial charge in [-0.2, -0.15) is 5.10 Å². The van der Waals surface area contributed by atoms with Gasteiger partial charge < -0.3 is 5.32 Å². The third-order valence-electron chi connectivity index (χ3n) is 5.20. The molecule has 0 amide bonds. The topological polar surface area (TPSA) is 33.1 Å². The van der Waals surface area contributed by atoms with Crippen molar-refractivity contribution in [3.8, 4) is 0 Å². The number of aryl methyl sites for hydroxylation is 1. The zero-order valence-electron chi connectivity index (χ0n) is 14.2. The Hall–Kier alpha value is -0.870. The summed E-state index contributed by atoms with van der Waals surface area (Å²) in [5.41, 5.74) is 1.59. The monoisotopic (exact) mass is 292 g/mol. The van der Waals surface area contributed by atoms with Crippen LogP contribution in [0.4, 0.5) is 0 Å². The van der Waals surface area contributed by atoms with E-state index in [0.29, 0.717) is 6.04 Å². The Kier molecular flexibility index (Phi) is 5.82. The molecule has 0 aliphatic carbocycles. The molecule has 1 aliphatic rings. The van der Waals surface area contributed by atoms with Crippen molar-refractivity contribution in [2.75, 3.05) is 19.6 Å². The number of likely N-dealkylation sites (tertiary alicyclic amines) is 1. The summed E-state index contributed by atoms with van der Waals surface area (Å²) >= 11 is 0. The molecule has 0 spiro atoms. The average molecular weight is 292 g/mol. The Morgan fingerprint density at radius 3 is 2.52 bits per heavy atom. The number of rotatable bonds is 8. The van der Waals surface area contributed by atoms with Gasteiger partial charge in [0.1, 0.15) is 0 Å². The number of hydrogen-bond acceptors (Lipinski definition) is 3. The molecule has 1 aromatic rings. The largest absolute Gasteiger partial charge is 0.312 e. The van der Waals surface area contributed by atoms with Crippen LogP contribution in [0.2, 0.25) is 0 Å². The number of aromatic nitrogens is 2. The van der Waals surface area contributed by atoms with Gasteiger partial charge in [0.2, 0.25) is 0 Å². The lowest BCUT2D eigenvalue weighted by molar-refractivity contribution is 0.0847. The molecule has 120 valence electrons. The highest BCUT2D eigenvalue weighted by atomic mass is 15.3. The van der Waals surface area contributed by atoms with Crippen LogP contribution in [0.3, 0.4) is 0 Å². The summed E-state index contributed by atoms with van der Waals surface area (Å²) in [5.74, 6) is 0. The maximum Gasteiger partial charge on any atom is 0.0522 e. The van der Waals surface area contributed by atoms with E-state index in [1.54, 1.807) is 0 Å². The van der Waals surface area contributed by atoms with Crippen molar-refractivity contribution < 1.29 is 0 Å². The summed E-state index contributed by atoms with van der Waals surface area (Å²) in [4.78, 5) is 2.70. The van der Waals surface area contributed by atoms with Crippen LogP contribution in [-0.4, -0.2) is 45.9 Å². The molecule has 4 nitrogen and oxygen atoms in total. The molecule has 2 unspecified atom stereocenters. The molecule has 21 heavy (non-hydrogen) atoms. The molecule has 1 fully saturated rings. The molecule has 0 saturated carbocycles. The van der Waals surface area contributed by atoms with E-state index in [9.17, 15) is 0 Å². The lowest BCUT2D eigenvalue weighted by Crippen LogP contribution is -2.59. The second-order valence-electron chi connectivity index (χ2n) is 6.42. The molecule has 0 radical (unpaired) electrons. The molecular formula is C17H32N4. The molecule has 1 aromatic heterocycles. The van der Waals surface area contributed by atoms with Crippen molar-refractivity contribution in [2.45, 2.75) is 71.5 Å². The minimum atomic E-state index is 0.237. The number of likely N-dealkylation sites (N-methyl/N-ethyl adjacent to an activating group) is 1. The van der Waals surface area contributed by atoms with Gasteiger partial charge in [-0.1, -0.05) is 13.8 Å². The van der Waals surface area contributed by atoms with Gasteiger partial charge in [0, 0.05) is 24.3 Å². The van der Waals surface area contributed by atoms with Crippen molar-refractivity contribution in [3.63, 3.8) is 0 Å². The molecule has 1 aliphatic heterocycles. The zero-order valence-corrected chi connectivity index (χ0v) is 14.2. The molecule has 2 heterocycles. The van der Waals surface area contributed by atoms with Crippen molar-refractivity contribution in [2.24, 2.45) is 0 Å². The van der Waals surface area contributed by atoms with E-state index in [0.717, 1.165) is 19.5 Å². The SMILES string of the molecule is CCNC(Cc1cnn(CC)c1)C(C)(CC)N1CCCC1. The van der Waals surface area contributed by atoms with Crippen molar-refractivity contribution in [3.05, 3.63) is 18.0 Å². The van der Waals surface area contributed by atoms with Gasteiger partial charge in [-0.3, -0.25) is 9.58 Å². The third-order valence-corrected chi connectivity index (χ3v) is 5.20. The van der Waals surface area contributed by atoms with E-state index in [-0.39, 0.29) is 5.54 Å². The Balaban J connectivity index is 2.14. The minimum Gasteiger partial charge on any atom is -0.312 e. The maximum absolute atomic E-state index is 4.43. The van der Waals surface area contributed by atoms with Crippen LogP contribution >= 0.6 is 0 Å². The zero-order chi connectivity index (χ0) is 15.3. The summed E-state index contributed by atoms with van der Waals surface area (Å²) in [6.45, 7) is 13.6. The van der Waals surface area contributed by atoms with Crippen LogP contribution in [0.1, 0.15) is 52.5 Å². The quantitative estimate of drug-likeness (QED) is 0.800. The van der Waals surface area contributed by atoms with Gasteiger partial charge >= 0.3 is 0 Å². The fraction of sp³-hybridized carbons (Fsp3) is 0.824. The summed E-state index contributed by atoms with van der Waals surface area (Å²) in [6.07, 6.45) is 9.18. The van der Waals surface area contributed by atoms with Crippen LogP contribution in [0.25, 0.3) is 0 Å². The summed E-state index contributed by atoms with van der Waals surface area (Å²) in [7, 11) is 0. The average Bonchev–Trinajstić information content (AvgIpc) is 3.17. The molecular weight excluding hydrogens is 260 g/mol. The van der Waals surface area contributed by atoms with Crippen molar-refractivity contribution in [1.29, 1.82) is 0 Å². The fourth-order valence-electron chi connectivity index (χ4n) is 3.60. The molecule has 1 saturated heterocycles. The lowest BCUT2D eigenvalue weighted by Gasteiger charge is -2.45. The first-order chi connectivity index (χ1) is 10.1. The predicted octanol–water partition coefficient (Wildman–Crippen LogP) is 2.69. The second-order valence-corrected chi connectivity index (χ2v) is 6.42. The standard InChI is InChI=1S/C17H32N4/c1-5-17(4,20-10-8-9-11-20)16(18-6-2)12-15-13-19-21(7-3)14-15/h13-14,16,18H,5-12H2,1-4H3. The summed E-state index contributed by atoms with van der Waals surface area (Å²) < 4.78 is 2.03. The Morgan fingerprint density at radius 2 is 2.00 bits per heavy atom. The molecule has 0 bridgehead atoms. The van der Waals surface area contributed by atoms with Crippen LogP contribution in [0.15, 0.2) is 12.4 Å². The van der Waals surface area contributed by atoms with E-state index < -0.39 is 0 Å². The van der Waals surface area contributed by atoms with Crippen LogP contribution in [0, 0.1) is 0 Å². The molecule has 0 aromatic carbocycles. The van der Waals surface area contributed by atoms with Gasteiger partial charge in [0.05, 0.1) is 6.20 Å². The first-order valence-corrected chi connectivity index (χ1v) is 8.63. The smallest absolute Gasteiger partial charge is 0.0522 e. The number of nitrogens with zero attached hydrogens (tertiary/aromatic N) is 3. The molecule has 2 atom stereocenters. The normalized spacial score (nSPS) is 20.6. The minimum absolute atomic E-state index is 0.237. The van der Waals surface area contributed by atoms with Crippen LogP contribution in [-0.2, 0) is 13.0 Å². The Bertz CT molecular complexity index is 422. The fourth-order valence-corrected chi connectivity index (χ4v) is 3.60. The van der Waals surface area contributed by atoms with E-state index in [1.807, 2.05) is 10.9 Å². The van der Waals surface area contributed by atoms with Gasteiger partial charge in [-0.15, -0.1) is 0 Å². The Labute approximate surface area is 129 Å².